The van der Waals surface area contributed by atoms with E-state index in [0.717, 1.165) is 18.4 Å². The van der Waals surface area contributed by atoms with Crippen LogP contribution in [0, 0.1) is 0 Å². The van der Waals surface area contributed by atoms with Gasteiger partial charge in [-0.3, -0.25) is 9.59 Å². The molecule has 0 atom stereocenters. The maximum Gasteiger partial charge on any atom is 0.274 e. The Morgan fingerprint density at radius 1 is 1.22 bits per heavy atom. The number of benzene rings is 1. The molecule has 1 N–H and O–H groups in total. The van der Waals surface area contributed by atoms with Crippen LogP contribution in [0.5, 0.6) is 0 Å². The molecule has 3 rings (SSSR count). The minimum atomic E-state index is -0.302. The predicted molar refractivity (Wildman–Crippen MR) is 88.3 cm³/mol. The summed E-state index contributed by atoms with van der Waals surface area (Å²) in [5.41, 5.74) is 2.39. The molecule has 2 aromatic rings. The van der Waals surface area contributed by atoms with Gasteiger partial charge < -0.3 is 4.90 Å². The Bertz CT molecular complexity index is 725. The van der Waals surface area contributed by atoms with Gasteiger partial charge in [0.15, 0.2) is 0 Å². The quantitative estimate of drug-likeness (QED) is 0.923. The zero-order chi connectivity index (χ0) is 16.4. The number of carbonyl (C=O) groups is 1. The molecule has 1 saturated carbocycles. The van der Waals surface area contributed by atoms with Crippen molar-refractivity contribution in [1.82, 2.24) is 15.1 Å². The third-order valence-corrected chi connectivity index (χ3v) is 4.15. The molecule has 5 nitrogen and oxygen atoms in total. The van der Waals surface area contributed by atoms with E-state index >= 15 is 0 Å². The number of hydrogen-bond donors (Lipinski definition) is 1. The van der Waals surface area contributed by atoms with E-state index in [0.29, 0.717) is 12.5 Å². The maximum absolute atomic E-state index is 12.7. The molecular weight excluding hydrogens is 290 g/mol. The summed E-state index contributed by atoms with van der Waals surface area (Å²) in [6, 6.07) is 11.5. The van der Waals surface area contributed by atoms with Gasteiger partial charge in [-0.25, -0.2) is 5.10 Å². The second kappa shape index (κ2) is 6.36. The second-order valence-corrected chi connectivity index (χ2v) is 6.37. The first-order chi connectivity index (χ1) is 11.0. The number of nitrogens with one attached hydrogen (secondary N) is 1. The van der Waals surface area contributed by atoms with Gasteiger partial charge in [-0.1, -0.05) is 38.1 Å². The molecule has 1 aromatic heterocycles. The van der Waals surface area contributed by atoms with Crippen LogP contribution in [0.4, 0.5) is 0 Å². The molecule has 1 heterocycles. The third kappa shape index (κ3) is 3.67. The highest BCUT2D eigenvalue weighted by molar-refractivity contribution is 5.92. The number of H-pyrrole nitrogens is 1. The molecule has 1 aromatic carbocycles. The van der Waals surface area contributed by atoms with Crippen molar-refractivity contribution >= 4 is 5.91 Å². The lowest BCUT2D eigenvalue weighted by Gasteiger charge is -2.22. The Hall–Kier alpha value is -2.43. The standard InChI is InChI=1S/C18H21N3O2/c1-12(2)14-5-3-13(4-6-14)11-21(15-7-8-15)18(23)16-9-10-17(22)20-19-16/h3-6,9-10,12,15H,7-8,11H2,1-2H3,(H,20,22). The van der Waals surface area contributed by atoms with Gasteiger partial charge >= 0.3 is 0 Å². The van der Waals surface area contributed by atoms with Crippen LogP contribution in [0.3, 0.4) is 0 Å². The first kappa shape index (κ1) is 15.5. The van der Waals surface area contributed by atoms with Crippen LogP contribution in [0.25, 0.3) is 0 Å². The summed E-state index contributed by atoms with van der Waals surface area (Å²) < 4.78 is 0. The molecule has 1 fully saturated rings. The van der Waals surface area contributed by atoms with Gasteiger partial charge in [0.25, 0.3) is 11.5 Å². The molecule has 1 aliphatic carbocycles. The normalized spacial score (nSPS) is 14.0. The third-order valence-electron chi connectivity index (χ3n) is 4.15. The predicted octanol–water partition coefficient (Wildman–Crippen LogP) is 2.70. The zero-order valence-corrected chi connectivity index (χ0v) is 13.5. The summed E-state index contributed by atoms with van der Waals surface area (Å²) in [5.74, 6) is 0.368. The largest absolute Gasteiger partial charge is 0.330 e. The number of rotatable bonds is 5. The molecule has 5 heteroatoms. The minimum absolute atomic E-state index is 0.128. The van der Waals surface area contributed by atoms with Crippen LogP contribution in [0.15, 0.2) is 41.2 Å². The highest BCUT2D eigenvalue weighted by Crippen LogP contribution is 2.29. The lowest BCUT2D eigenvalue weighted by atomic mass is 10.0. The summed E-state index contributed by atoms with van der Waals surface area (Å²) >= 11 is 0. The SMILES string of the molecule is CC(C)c1ccc(CN(C(=O)c2ccc(=O)[nH]n2)C2CC2)cc1. The van der Waals surface area contributed by atoms with E-state index in [1.54, 1.807) is 0 Å². The Morgan fingerprint density at radius 3 is 2.43 bits per heavy atom. The molecule has 0 radical (unpaired) electrons. The average molecular weight is 311 g/mol. The smallest absolute Gasteiger partial charge is 0.274 e. The van der Waals surface area contributed by atoms with Crippen molar-refractivity contribution < 1.29 is 4.79 Å². The fourth-order valence-electron chi connectivity index (χ4n) is 2.57. The molecule has 1 amide bonds. The molecule has 23 heavy (non-hydrogen) atoms. The molecule has 0 bridgehead atoms. The Balaban J connectivity index is 1.77. The van der Waals surface area contributed by atoms with Crippen molar-refractivity contribution in [3.05, 3.63) is 63.6 Å². The van der Waals surface area contributed by atoms with Gasteiger partial charge in [-0.2, -0.15) is 5.10 Å². The second-order valence-electron chi connectivity index (χ2n) is 6.37. The van der Waals surface area contributed by atoms with E-state index in [-0.39, 0.29) is 23.2 Å². The maximum atomic E-state index is 12.7. The van der Waals surface area contributed by atoms with Gasteiger partial charge in [0.1, 0.15) is 5.69 Å². The van der Waals surface area contributed by atoms with Crippen molar-refractivity contribution in [3.63, 3.8) is 0 Å². The first-order valence-corrected chi connectivity index (χ1v) is 8.00. The molecule has 0 spiro atoms. The lowest BCUT2D eigenvalue weighted by Crippen LogP contribution is -2.33. The lowest BCUT2D eigenvalue weighted by molar-refractivity contribution is 0.0722. The summed E-state index contributed by atoms with van der Waals surface area (Å²) in [4.78, 5) is 25.6. The molecule has 120 valence electrons. The average Bonchev–Trinajstić information content (AvgIpc) is 3.38. The number of amides is 1. The van der Waals surface area contributed by atoms with Crippen molar-refractivity contribution in [2.75, 3.05) is 0 Å². The van der Waals surface area contributed by atoms with Crippen molar-refractivity contribution in [2.24, 2.45) is 0 Å². The number of aromatic nitrogens is 2. The highest BCUT2D eigenvalue weighted by Gasteiger charge is 2.33. The molecule has 0 unspecified atom stereocenters. The van der Waals surface area contributed by atoms with Gasteiger partial charge in [0.05, 0.1) is 0 Å². The topological polar surface area (TPSA) is 66.1 Å². The first-order valence-electron chi connectivity index (χ1n) is 8.00. The van der Waals surface area contributed by atoms with Crippen LogP contribution >= 0.6 is 0 Å². The monoisotopic (exact) mass is 311 g/mol. The van der Waals surface area contributed by atoms with Gasteiger partial charge in [-0.05, 0) is 36.0 Å². The van der Waals surface area contributed by atoms with Crippen molar-refractivity contribution in [2.45, 2.75) is 45.2 Å². The Kier molecular flexibility index (Phi) is 4.28. The van der Waals surface area contributed by atoms with Gasteiger partial charge in [0.2, 0.25) is 0 Å². The van der Waals surface area contributed by atoms with Crippen LogP contribution in [-0.4, -0.2) is 27.0 Å². The van der Waals surface area contributed by atoms with E-state index in [1.165, 1.54) is 17.7 Å². The molecular formula is C18H21N3O2. The molecule has 0 saturated heterocycles. The number of carbonyl (C=O) groups excluding carboxylic acids is 1. The fourth-order valence-corrected chi connectivity index (χ4v) is 2.57. The Morgan fingerprint density at radius 2 is 1.91 bits per heavy atom. The van der Waals surface area contributed by atoms with E-state index in [4.69, 9.17) is 0 Å². The summed E-state index contributed by atoms with van der Waals surface area (Å²) in [6.07, 6.45) is 2.05. The van der Waals surface area contributed by atoms with Gasteiger partial charge in [-0.15, -0.1) is 0 Å². The molecule has 0 aliphatic heterocycles. The van der Waals surface area contributed by atoms with Crippen LogP contribution in [0.2, 0.25) is 0 Å². The van der Waals surface area contributed by atoms with Crippen LogP contribution in [0.1, 0.15) is 54.2 Å². The van der Waals surface area contributed by atoms with Gasteiger partial charge in [0, 0.05) is 18.7 Å². The van der Waals surface area contributed by atoms with E-state index < -0.39 is 0 Å². The molecule has 1 aliphatic rings. The van der Waals surface area contributed by atoms with Crippen molar-refractivity contribution in [1.29, 1.82) is 0 Å². The summed E-state index contributed by atoms with van der Waals surface area (Å²) in [5, 5.41) is 6.19. The summed E-state index contributed by atoms with van der Waals surface area (Å²) in [6.45, 7) is 4.90. The van der Waals surface area contributed by atoms with Crippen molar-refractivity contribution in [3.8, 4) is 0 Å². The summed E-state index contributed by atoms with van der Waals surface area (Å²) in [7, 11) is 0. The van der Waals surface area contributed by atoms with Crippen LogP contribution < -0.4 is 5.56 Å². The fraction of sp³-hybridized carbons (Fsp3) is 0.389. The van der Waals surface area contributed by atoms with E-state index in [1.807, 2.05) is 4.90 Å². The zero-order valence-electron chi connectivity index (χ0n) is 13.5. The van der Waals surface area contributed by atoms with E-state index in [9.17, 15) is 9.59 Å². The number of nitrogens with zero attached hydrogens (tertiary/aromatic N) is 2. The minimum Gasteiger partial charge on any atom is -0.330 e. The highest BCUT2D eigenvalue weighted by atomic mass is 16.2. The van der Waals surface area contributed by atoms with E-state index in [2.05, 4.69) is 48.3 Å². The van der Waals surface area contributed by atoms with Crippen LogP contribution in [-0.2, 0) is 6.54 Å². The number of aromatic amines is 1. The Labute approximate surface area is 135 Å². The number of hydrogen-bond acceptors (Lipinski definition) is 3.